The molecule has 1 aromatic rings. The lowest BCUT2D eigenvalue weighted by molar-refractivity contribution is 0.221. The molecule has 64 valence electrons. The van der Waals surface area contributed by atoms with Crippen LogP contribution in [0.3, 0.4) is 0 Å². The van der Waals surface area contributed by atoms with Crippen LogP contribution in [0, 0.1) is 0 Å². The van der Waals surface area contributed by atoms with E-state index in [1.165, 1.54) is 0 Å². The summed E-state index contributed by atoms with van der Waals surface area (Å²) in [6, 6.07) is 5.20. The maximum absolute atomic E-state index is 10.1. The van der Waals surface area contributed by atoms with Crippen molar-refractivity contribution in [1.82, 2.24) is 4.98 Å². The number of aromatic nitrogens is 1. The van der Waals surface area contributed by atoms with Gasteiger partial charge in [0.2, 0.25) is 5.88 Å². The molecule has 0 aromatic carbocycles. The fraction of sp³-hybridized carbons (Fsp3) is 0.143. The molecule has 0 aliphatic heterocycles. The Morgan fingerprint density at radius 2 is 2.50 bits per heavy atom. The molecule has 1 rings (SSSR count). The summed E-state index contributed by atoms with van der Waals surface area (Å²) in [7, 11) is 0. The molecule has 0 unspecified atom stereocenters. The molecule has 1 heterocycles. The zero-order chi connectivity index (χ0) is 8.81. The van der Waals surface area contributed by atoms with Crippen LogP contribution in [0.25, 0.3) is 0 Å². The van der Waals surface area contributed by atoms with Gasteiger partial charge in [-0.2, -0.15) is 0 Å². The summed E-state index contributed by atoms with van der Waals surface area (Å²) in [6.07, 6.45) is 1.58. The molecular weight excluding hydrogens is 178 g/mol. The number of ether oxygens (including phenoxy) is 1. The van der Waals surface area contributed by atoms with Crippen molar-refractivity contribution in [2.45, 2.75) is 0 Å². The first-order valence-corrected chi connectivity index (χ1v) is 4.17. The van der Waals surface area contributed by atoms with Crippen molar-refractivity contribution in [2.24, 2.45) is 0 Å². The lowest BCUT2D eigenvalue weighted by Crippen LogP contribution is -1.97. The largest absolute Gasteiger partial charge is 0.473 e. The van der Waals surface area contributed by atoms with E-state index in [4.69, 9.17) is 9.84 Å². The van der Waals surface area contributed by atoms with Gasteiger partial charge in [0.05, 0.1) is 0 Å². The lowest BCUT2D eigenvalue weighted by atomic mass is 10.5. The average molecular weight is 185 g/mol. The fourth-order valence-corrected chi connectivity index (χ4v) is 0.853. The molecule has 0 bridgehead atoms. The van der Waals surface area contributed by atoms with Crippen LogP contribution in [-0.2, 0) is 0 Å². The number of hydrogen-bond acceptors (Lipinski definition) is 4. The first-order valence-electron chi connectivity index (χ1n) is 3.18. The predicted octanol–water partition coefficient (Wildman–Crippen LogP) is 1.83. The molecule has 0 aliphatic carbocycles. The lowest BCUT2D eigenvalue weighted by Gasteiger charge is -2.00. The Bertz CT molecular complexity index is 252. The highest BCUT2D eigenvalue weighted by Gasteiger charge is 1.97. The first kappa shape index (κ1) is 8.86. The minimum Gasteiger partial charge on any atom is -0.473 e. The van der Waals surface area contributed by atoms with Crippen LogP contribution < -0.4 is 4.74 Å². The molecule has 0 fully saturated rings. The molecule has 0 radical (unpaired) electrons. The molecule has 0 atom stereocenters. The minimum absolute atomic E-state index is 0.0757. The Kier molecular flexibility index (Phi) is 3.40. The Hall–Kier alpha value is -1.23. The summed E-state index contributed by atoms with van der Waals surface area (Å²) in [5.41, 5.74) is 0. The van der Waals surface area contributed by atoms with Gasteiger partial charge >= 0.3 is 5.30 Å². The molecule has 12 heavy (non-hydrogen) atoms. The van der Waals surface area contributed by atoms with Crippen LogP contribution in [0.4, 0.5) is 4.79 Å². The minimum atomic E-state index is -0.953. The number of nitrogens with zero attached hydrogens (tertiary/aromatic N) is 1. The van der Waals surface area contributed by atoms with Gasteiger partial charge in [0.25, 0.3) is 0 Å². The van der Waals surface area contributed by atoms with E-state index in [9.17, 15) is 4.79 Å². The normalized spacial score (nSPS) is 9.33. The topological polar surface area (TPSA) is 59.4 Å². The number of rotatable bonds is 3. The van der Waals surface area contributed by atoms with E-state index in [-0.39, 0.29) is 5.94 Å². The van der Waals surface area contributed by atoms with Crippen molar-refractivity contribution in [3.05, 3.63) is 24.4 Å². The monoisotopic (exact) mass is 185 g/mol. The molecule has 0 saturated carbocycles. The number of pyridine rings is 1. The molecular formula is C7H7NO3S. The van der Waals surface area contributed by atoms with Crippen molar-refractivity contribution in [3.63, 3.8) is 0 Å². The van der Waals surface area contributed by atoms with E-state index in [0.717, 1.165) is 0 Å². The van der Waals surface area contributed by atoms with Crippen LogP contribution in [-0.4, -0.2) is 21.3 Å². The number of thioether (sulfide) groups is 1. The number of carboxylic acid groups (broad SMARTS) is 1. The van der Waals surface area contributed by atoms with Crippen LogP contribution in [0.2, 0.25) is 0 Å². The van der Waals surface area contributed by atoms with Gasteiger partial charge in [-0.15, -0.1) is 0 Å². The second-order valence-electron chi connectivity index (χ2n) is 1.84. The predicted molar refractivity (Wildman–Crippen MR) is 45.3 cm³/mol. The summed E-state index contributed by atoms with van der Waals surface area (Å²) in [5.74, 6) is 0.512. The van der Waals surface area contributed by atoms with Gasteiger partial charge in [0.1, 0.15) is 5.94 Å². The standard InChI is InChI=1S/C7H7NO3S/c9-7(10)12-5-11-6-3-1-2-4-8-6/h1-4H,5H2,(H,9,10). The molecule has 1 aromatic heterocycles. The second-order valence-corrected chi connectivity index (χ2v) is 2.71. The van der Waals surface area contributed by atoms with Crippen LogP contribution in [0.1, 0.15) is 0 Å². The highest BCUT2D eigenvalue weighted by molar-refractivity contribution is 8.13. The van der Waals surface area contributed by atoms with Gasteiger partial charge in [-0.3, -0.25) is 0 Å². The van der Waals surface area contributed by atoms with Crippen LogP contribution in [0.15, 0.2) is 24.4 Å². The number of carbonyl (C=O) groups is 1. The summed E-state index contributed by atoms with van der Waals surface area (Å²) >= 11 is 0.681. The summed E-state index contributed by atoms with van der Waals surface area (Å²) in [6.45, 7) is 0. The first-order chi connectivity index (χ1) is 5.79. The maximum atomic E-state index is 10.1. The highest BCUT2D eigenvalue weighted by atomic mass is 32.2. The third-order valence-corrected chi connectivity index (χ3v) is 1.51. The van der Waals surface area contributed by atoms with E-state index in [0.29, 0.717) is 17.6 Å². The zero-order valence-electron chi connectivity index (χ0n) is 6.14. The SMILES string of the molecule is O=C(O)SCOc1ccccn1. The van der Waals surface area contributed by atoms with E-state index in [1.807, 2.05) is 0 Å². The highest BCUT2D eigenvalue weighted by Crippen LogP contribution is 2.07. The van der Waals surface area contributed by atoms with E-state index in [1.54, 1.807) is 24.4 Å². The van der Waals surface area contributed by atoms with Crippen molar-refractivity contribution in [3.8, 4) is 5.88 Å². The van der Waals surface area contributed by atoms with Crippen molar-refractivity contribution in [1.29, 1.82) is 0 Å². The Balaban J connectivity index is 2.29. The summed E-state index contributed by atoms with van der Waals surface area (Å²) < 4.78 is 4.99. The molecule has 0 saturated heterocycles. The van der Waals surface area contributed by atoms with Gasteiger partial charge in [0, 0.05) is 12.3 Å². The Morgan fingerprint density at radius 3 is 3.08 bits per heavy atom. The van der Waals surface area contributed by atoms with Crippen LogP contribution in [0.5, 0.6) is 5.88 Å². The average Bonchev–Trinajstić information content (AvgIpc) is 2.05. The van der Waals surface area contributed by atoms with Gasteiger partial charge in [-0.05, 0) is 17.8 Å². The molecule has 0 spiro atoms. The van der Waals surface area contributed by atoms with Crippen molar-refractivity contribution >= 4 is 17.1 Å². The van der Waals surface area contributed by atoms with E-state index < -0.39 is 5.30 Å². The third-order valence-electron chi connectivity index (χ3n) is 1.03. The molecule has 4 nitrogen and oxygen atoms in total. The number of hydrogen-bond donors (Lipinski definition) is 1. The van der Waals surface area contributed by atoms with Crippen LogP contribution >= 0.6 is 11.8 Å². The molecule has 0 amide bonds. The maximum Gasteiger partial charge on any atom is 0.368 e. The Labute approximate surface area is 73.6 Å². The van der Waals surface area contributed by atoms with Gasteiger partial charge in [0.15, 0.2) is 0 Å². The fourth-order valence-electron chi connectivity index (χ4n) is 0.573. The molecule has 5 heteroatoms. The second kappa shape index (κ2) is 4.61. The smallest absolute Gasteiger partial charge is 0.368 e. The van der Waals surface area contributed by atoms with Crippen molar-refractivity contribution < 1.29 is 14.6 Å². The quantitative estimate of drug-likeness (QED) is 0.728. The van der Waals surface area contributed by atoms with E-state index >= 15 is 0 Å². The molecule has 1 N–H and O–H groups in total. The summed E-state index contributed by atoms with van der Waals surface area (Å²) in [5, 5.41) is 7.30. The van der Waals surface area contributed by atoms with Crippen molar-refractivity contribution in [2.75, 3.05) is 5.94 Å². The Morgan fingerprint density at radius 1 is 1.67 bits per heavy atom. The van der Waals surface area contributed by atoms with Gasteiger partial charge < -0.3 is 9.84 Å². The van der Waals surface area contributed by atoms with E-state index in [2.05, 4.69) is 4.98 Å². The summed E-state index contributed by atoms with van der Waals surface area (Å²) in [4.78, 5) is 13.9. The van der Waals surface area contributed by atoms with Gasteiger partial charge in [-0.1, -0.05) is 6.07 Å². The van der Waals surface area contributed by atoms with Gasteiger partial charge in [-0.25, -0.2) is 9.78 Å². The molecule has 0 aliphatic rings. The zero-order valence-corrected chi connectivity index (χ0v) is 6.95. The third kappa shape index (κ3) is 3.25.